The van der Waals surface area contributed by atoms with Crippen molar-refractivity contribution >= 4 is 27.7 Å². The first-order valence-electron chi connectivity index (χ1n) is 12.2. The Hall–Kier alpha value is -4.48. The second-order valence-electron chi connectivity index (χ2n) is 8.84. The number of carbonyl (C=O) groups is 3. The Balaban J connectivity index is 1.81. The van der Waals surface area contributed by atoms with E-state index in [9.17, 15) is 22.8 Å². The second-order valence-corrected chi connectivity index (χ2v) is 10.5. The molecule has 0 aromatic heterocycles. The van der Waals surface area contributed by atoms with E-state index in [0.29, 0.717) is 11.1 Å². The summed E-state index contributed by atoms with van der Waals surface area (Å²) in [4.78, 5) is 36.5. The average molecular weight is 566 g/mol. The largest absolute Gasteiger partial charge is 0.465 e. The minimum Gasteiger partial charge on any atom is -0.465 e. The molecule has 208 valence electrons. The van der Waals surface area contributed by atoms with Crippen molar-refractivity contribution < 1.29 is 41.7 Å². The number of ether oxygens (including phenoxy) is 4. The molecule has 3 aromatic rings. The number of nitrogens with one attached hydrogen (secondary N) is 1. The Labute approximate surface area is 231 Å². The van der Waals surface area contributed by atoms with Crippen LogP contribution in [-0.4, -0.2) is 45.9 Å². The summed E-state index contributed by atoms with van der Waals surface area (Å²) in [6, 6.07) is 18.8. The minimum absolute atomic E-state index is 0.0260. The first-order valence-corrected chi connectivity index (χ1v) is 13.6. The van der Waals surface area contributed by atoms with Crippen molar-refractivity contribution in [1.82, 2.24) is 4.72 Å². The van der Waals surface area contributed by atoms with Gasteiger partial charge in [0.15, 0.2) is 11.5 Å². The predicted molar refractivity (Wildman–Crippen MR) is 143 cm³/mol. The minimum atomic E-state index is -4.61. The van der Waals surface area contributed by atoms with Gasteiger partial charge in [-0.3, -0.25) is 9.59 Å². The Bertz CT molecular complexity index is 1500. The highest BCUT2D eigenvalue weighted by Gasteiger charge is 2.46. The molecule has 0 saturated heterocycles. The molecule has 3 aromatic carbocycles. The van der Waals surface area contributed by atoms with Gasteiger partial charge in [-0.15, -0.1) is 0 Å². The van der Waals surface area contributed by atoms with Crippen molar-refractivity contribution in [3.8, 4) is 11.5 Å². The van der Waals surface area contributed by atoms with Gasteiger partial charge in [-0.25, -0.2) is 13.2 Å². The van der Waals surface area contributed by atoms with Crippen LogP contribution in [0.25, 0.3) is 0 Å². The molecule has 0 amide bonds. The Morgan fingerprint density at radius 3 is 2.02 bits per heavy atom. The van der Waals surface area contributed by atoms with Crippen LogP contribution in [0.2, 0.25) is 0 Å². The fourth-order valence-corrected chi connectivity index (χ4v) is 5.57. The van der Waals surface area contributed by atoms with Crippen molar-refractivity contribution in [2.75, 3.05) is 13.7 Å². The molecular weight excluding hydrogens is 538 g/mol. The highest BCUT2D eigenvalue weighted by molar-refractivity contribution is 7.89. The average Bonchev–Trinajstić information content (AvgIpc) is 3.35. The molecule has 0 saturated carbocycles. The highest BCUT2D eigenvalue weighted by atomic mass is 32.2. The summed E-state index contributed by atoms with van der Waals surface area (Å²) in [5, 5.41) is 0. The maximum Gasteiger partial charge on any atom is 0.339 e. The van der Waals surface area contributed by atoms with Gasteiger partial charge in [0.05, 0.1) is 12.7 Å². The van der Waals surface area contributed by atoms with Gasteiger partial charge in [-0.2, -0.15) is 4.72 Å². The smallest absolute Gasteiger partial charge is 0.339 e. The van der Waals surface area contributed by atoms with Crippen LogP contribution in [0.1, 0.15) is 34.8 Å². The second kappa shape index (κ2) is 11.7. The molecule has 0 fully saturated rings. The van der Waals surface area contributed by atoms with Crippen LogP contribution in [-0.2, 0) is 34.9 Å². The summed E-state index contributed by atoms with van der Waals surface area (Å²) in [7, 11) is -3.52. The van der Waals surface area contributed by atoms with Gasteiger partial charge in [0, 0.05) is 29.7 Å². The normalized spacial score (nSPS) is 14.2. The van der Waals surface area contributed by atoms with Gasteiger partial charge >= 0.3 is 17.7 Å². The molecule has 1 aliphatic heterocycles. The quantitative estimate of drug-likeness (QED) is 0.274. The number of sulfonamides is 1. The first kappa shape index (κ1) is 28.5. The number of benzene rings is 3. The van der Waals surface area contributed by atoms with E-state index in [0.717, 1.165) is 13.2 Å². The van der Waals surface area contributed by atoms with E-state index in [4.69, 9.17) is 18.9 Å². The number of hydrogen-bond acceptors (Lipinski definition) is 9. The zero-order valence-corrected chi connectivity index (χ0v) is 22.6. The van der Waals surface area contributed by atoms with Crippen LogP contribution < -0.4 is 14.2 Å². The lowest BCUT2D eigenvalue weighted by atomic mass is 9.97. The molecule has 0 unspecified atom stereocenters. The number of hydrogen-bond donors (Lipinski definition) is 1. The summed E-state index contributed by atoms with van der Waals surface area (Å²) < 4.78 is 51.8. The molecule has 10 nitrogen and oxygen atoms in total. The highest BCUT2D eigenvalue weighted by Crippen LogP contribution is 2.49. The fraction of sp³-hybridized carbons (Fsp3) is 0.207. The van der Waals surface area contributed by atoms with Gasteiger partial charge in [0.1, 0.15) is 23.3 Å². The number of methoxy groups -OCH3 is 1. The van der Waals surface area contributed by atoms with E-state index < -0.39 is 50.9 Å². The molecule has 0 spiro atoms. The van der Waals surface area contributed by atoms with Gasteiger partial charge in [0.2, 0.25) is 10.0 Å². The van der Waals surface area contributed by atoms with Crippen LogP contribution in [0.15, 0.2) is 90.3 Å². The van der Waals surface area contributed by atoms with E-state index in [2.05, 4.69) is 11.3 Å². The van der Waals surface area contributed by atoms with Crippen LogP contribution in [0.4, 0.5) is 0 Å². The third-order valence-electron chi connectivity index (χ3n) is 5.97. The molecule has 4 rings (SSSR count). The van der Waals surface area contributed by atoms with Crippen molar-refractivity contribution in [3.63, 3.8) is 0 Å². The zero-order chi connectivity index (χ0) is 28.9. The number of ketones is 1. The van der Waals surface area contributed by atoms with Gasteiger partial charge < -0.3 is 18.9 Å². The SMILES string of the molecule is C=CCOC(=O)[C@H](CC(C)=O)NS(=O)(=O)c1cc2c(cc1C(=O)OC)OC(c1ccccc1)(c1ccccc1)O2. The van der Waals surface area contributed by atoms with E-state index in [-0.39, 0.29) is 23.7 Å². The third kappa shape index (κ3) is 5.75. The summed E-state index contributed by atoms with van der Waals surface area (Å²) >= 11 is 0. The van der Waals surface area contributed by atoms with Crippen LogP contribution in [0.5, 0.6) is 11.5 Å². The molecule has 0 radical (unpaired) electrons. The number of fused-ring (bicyclic) bond motifs is 1. The summed E-state index contributed by atoms with van der Waals surface area (Å²) in [5.74, 6) is -3.78. The number of esters is 2. The van der Waals surface area contributed by atoms with Crippen LogP contribution in [0.3, 0.4) is 0 Å². The van der Waals surface area contributed by atoms with Crippen molar-refractivity contribution in [2.24, 2.45) is 0 Å². The lowest BCUT2D eigenvalue weighted by Crippen LogP contribution is -2.43. The maximum atomic E-state index is 13.6. The summed E-state index contributed by atoms with van der Waals surface area (Å²) in [6.07, 6.45) is 0.828. The van der Waals surface area contributed by atoms with Crippen LogP contribution >= 0.6 is 0 Å². The molecule has 1 atom stereocenters. The standard InChI is InChI=1S/C29H27NO9S/c1-4-15-37-28(33)23(16-19(2)31)30-40(34,35)26-18-25-24(17-22(26)27(32)36-3)38-29(39-25,20-11-7-5-8-12-20)21-13-9-6-10-14-21/h4-14,17-18,23,30H,1,15-16H2,2-3H3/t23-/m0/s1. The maximum absolute atomic E-state index is 13.6. The Morgan fingerprint density at radius 1 is 0.975 bits per heavy atom. The number of Topliss-reactive ketones (excluding diaryl/α,β-unsaturated/α-hetero) is 1. The van der Waals surface area contributed by atoms with Crippen LogP contribution in [0, 0.1) is 0 Å². The lowest BCUT2D eigenvalue weighted by Gasteiger charge is -2.28. The first-order chi connectivity index (χ1) is 19.1. The van der Waals surface area contributed by atoms with E-state index >= 15 is 0 Å². The van der Waals surface area contributed by atoms with Gasteiger partial charge in [0.25, 0.3) is 0 Å². The lowest BCUT2D eigenvalue weighted by molar-refractivity contribution is -0.145. The molecular formula is C29H27NO9S. The molecule has 40 heavy (non-hydrogen) atoms. The third-order valence-corrected chi connectivity index (χ3v) is 7.48. The molecule has 1 heterocycles. The van der Waals surface area contributed by atoms with Crippen molar-refractivity contribution in [2.45, 2.75) is 30.1 Å². The summed E-state index contributed by atoms with van der Waals surface area (Å²) in [6.45, 7) is 4.46. The zero-order valence-electron chi connectivity index (χ0n) is 21.8. The topological polar surface area (TPSA) is 134 Å². The van der Waals surface area contributed by atoms with E-state index in [1.54, 1.807) is 48.5 Å². The molecule has 11 heteroatoms. The van der Waals surface area contributed by atoms with Gasteiger partial charge in [-0.05, 0) is 6.92 Å². The Morgan fingerprint density at radius 2 is 1.52 bits per heavy atom. The number of rotatable bonds is 11. The van der Waals surface area contributed by atoms with E-state index in [1.165, 1.54) is 19.1 Å². The molecule has 1 aliphatic rings. The molecule has 0 aliphatic carbocycles. The number of carbonyl (C=O) groups excluding carboxylic acids is 3. The monoisotopic (exact) mass is 565 g/mol. The summed E-state index contributed by atoms with van der Waals surface area (Å²) in [5.41, 5.74) is 0.868. The molecule has 1 N–H and O–H groups in total. The van der Waals surface area contributed by atoms with Gasteiger partial charge in [-0.1, -0.05) is 73.3 Å². The fourth-order valence-electron chi connectivity index (χ4n) is 4.19. The molecule has 0 bridgehead atoms. The predicted octanol–water partition coefficient (Wildman–Crippen LogP) is 3.50. The Kier molecular flexibility index (Phi) is 8.36. The van der Waals surface area contributed by atoms with Crippen molar-refractivity contribution in [3.05, 3.63) is 102 Å². The van der Waals surface area contributed by atoms with Crippen molar-refractivity contribution in [1.29, 1.82) is 0 Å². The van der Waals surface area contributed by atoms with E-state index in [1.807, 2.05) is 12.1 Å².